The van der Waals surface area contributed by atoms with E-state index in [9.17, 15) is 14.4 Å². The first-order valence-electron chi connectivity index (χ1n) is 5.50. The minimum atomic E-state index is -1.62. The molecule has 1 atom stereocenters. The molecule has 0 aliphatic heterocycles. The van der Waals surface area contributed by atoms with Gasteiger partial charge in [-0.25, -0.2) is 4.79 Å². The van der Waals surface area contributed by atoms with Crippen LogP contribution >= 0.6 is 11.3 Å². The van der Waals surface area contributed by atoms with E-state index in [2.05, 4.69) is 10.6 Å². The second-order valence-electron chi connectivity index (χ2n) is 3.64. The number of hydrogen-bond donors (Lipinski definition) is 4. The first kappa shape index (κ1) is 15.1. The molecule has 0 aliphatic rings. The molecular formula is C11H14N2O5S. The number of carbonyl (C=O) groups is 3. The van der Waals surface area contributed by atoms with Crippen LogP contribution in [0.4, 0.5) is 0 Å². The number of rotatable bonds is 7. The normalized spacial score (nSPS) is 11.6. The van der Waals surface area contributed by atoms with Crippen LogP contribution in [-0.2, 0) is 9.59 Å². The smallest absolute Gasteiger partial charge is 0.334 e. The molecule has 0 bridgehead atoms. The molecule has 0 fully saturated rings. The third-order valence-electron chi connectivity index (χ3n) is 2.16. The molecule has 0 aromatic carbocycles. The summed E-state index contributed by atoms with van der Waals surface area (Å²) in [6, 6.07) is 3.42. The van der Waals surface area contributed by atoms with Crippen LogP contribution in [0.15, 0.2) is 17.5 Å². The van der Waals surface area contributed by atoms with Crippen molar-refractivity contribution in [1.29, 1.82) is 0 Å². The van der Waals surface area contributed by atoms with Crippen LogP contribution in [0.3, 0.4) is 0 Å². The average molecular weight is 286 g/mol. The summed E-state index contributed by atoms with van der Waals surface area (Å²) in [5.41, 5.74) is 0. The fourth-order valence-electron chi connectivity index (χ4n) is 1.17. The lowest BCUT2D eigenvalue weighted by molar-refractivity contribution is -0.146. The molecule has 0 spiro atoms. The Morgan fingerprint density at radius 1 is 1.32 bits per heavy atom. The Hall–Kier alpha value is -1.93. The van der Waals surface area contributed by atoms with Gasteiger partial charge in [-0.15, -0.1) is 11.3 Å². The number of aliphatic carboxylic acids is 1. The molecule has 0 aliphatic carbocycles. The fourth-order valence-corrected chi connectivity index (χ4v) is 1.81. The molecule has 1 rings (SSSR count). The molecule has 0 radical (unpaired) electrons. The predicted molar refractivity (Wildman–Crippen MR) is 67.9 cm³/mol. The van der Waals surface area contributed by atoms with Crippen LogP contribution in [-0.4, -0.2) is 47.2 Å². The molecule has 19 heavy (non-hydrogen) atoms. The standard InChI is InChI=1S/C11H14N2O5S/c14-7(11(17)18)6-13-9(15)3-4-12-10(16)8-2-1-5-19-8/h1-2,5,7,14H,3-4,6H2,(H,12,16)(H,13,15)(H,17,18)/t7-/m0/s1. The molecule has 1 aromatic rings. The lowest BCUT2D eigenvalue weighted by atomic mass is 10.3. The maximum absolute atomic E-state index is 11.5. The average Bonchev–Trinajstić information content (AvgIpc) is 2.89. The molecule has 1 aromatic heterocycles. The number of hydrogen-bond acceptors (Lipinski definition) is 5. The van der Waals surface area contributed by atoms with Crippen molar-refractivity contribution in [1.82, 2.24) is 10.6 Å². The highest BCUT2D eigenvalue weighted by Crippen LogP contribution is 2.07. The zero-order valence-electron chi connectivity index (χ0n) is 9.96. The third kappa shape index (κ3) is 5.49. The van der Waals surface area contributed by atoms with Crippen molar-refractivity contribution in [2.45, 2.75) is 12.5 Å². The number of carboxylic acids is 1. The zero-order chi connectivity index (χ0) is 14.3. The molecular weight excluding hydrogens is 272 g/mol. The lowest BCUT2D eigenvalue weighted by Gasteiger charge is -2.08. The minimum absolute atomic E-state index is 0.0173. The van der Waals surface area contributed by atoms with Crippen molar-refractivity contribution in [3.05, 3.63) is 22.4 Å². The van der Waals surface area contributed by atoms with E-state index in [1.807, 2.05) is 0 Å². The maximum Gasteiger partial charge on any atom is 0.334 e. The molecule has 4 N–H and O–H groups in total. The Morgan fingerprint density at radius 2 is 2.05 bits per heavy atom. The summed E-state index contributed by atoms with van der Waals surface area (Å²) in [6.07, 6.45) is -1.60. The van der Waals surface area contributed by atoms with Gasteiger partial charge < -0.3 is 20.8 Å². The van der Waals surface area contributed by atoms with Crippen LogP contribution in [0, 0.1) is 0 Å². The highest BCUT2D eigenvalue weighted by atomic mass is 32.1. The van der Waals surface area contributed by atoms with Crippen molar-refractivity contribution in [3.8, 4) is 0 Å². The summed E-state index contributed by atoms with van der Waals surface area (Å²) in [5, 5.41) is 23.9. The number of nitrogens with one attached hydrogen (secondary N) is 2. The molecule has 104 valence electrons. The number of amides is 2. The van der Waals surface area contributed by atoms with Crippen LogP contribution < -0.4 is 10.6 Å². The van der Waals surface area contributed by atoms with Gasteiger partial charge in [0, 0.05) is 13.0 Å². The Balaban J connectivity index is 2.17. The van der Waals surface area contributed by atoms with E-state index in [4.69, 9.17) is 10.2 Å². The van der Waals surface area contributed by atoms with Crippen LogP contribution in [0.25, 0.3) is 0 Å². The van der Waals surface area contributed by atoms with E-state index in [-0.39, 0.29) is 25.4 Å². The number of thiophene rings is 1. The van der Waals surface area contributed by atoms with Crippen LogP contribution in [0.5, 0.6) is 0 Å². The summed E-state index contributed by atoms with van der Waals surface area (Å²) in [5.74, 6) is -2.09. The van der Waals surface area contributed by atoms with Crippen molar-refractivity contribution in [3.63, 3.8) is 0 Å². The van der Waals surface area contributed by atoms with Crippen molar-refractivity contribution >= 4 is 29.1 Å². The highest BCUT2D eigenvalue weighted by molar-refractivity contribution is 7.12. The first-order valence-corrected chi connectivity index (χ1v) is 6.38. The maximum atomic E-state index is 11.5. The highest BCUT2D eigenvalue weighted by Gasteiger charge is 2.14. The lowest BCUT2D eigenvalue weighted by Crippen LogP contribution is -2.38. The summed E-state index contributed by atoms with van der Waals surface area (Å²) in [4.78, 5) is 33.6. The van der Waals surface area contributed by atoms with Crippen LogP contribution in [0.1, 0.15) is 16.1 Å². The van der Waals surface area contributed by atoms with Gasteiger partial charge in [0.15, 0.2) is 6.10 Å². The van der Waals surface area contributed by atoms with E-state index in [1.165, 1.54) is 11.3 Å². The Labute approximate surface area is 113 Å². The van der Waals surface area contributed by atoms with E-state index in [0.717, 1.165) is 0 Å². The van der Waals surface area contributed by atoms with Gasteiger partial charge in [-0.3, -0.25) is 9.59 Å². The second-order valence-corrected chi connectivity index (χ2v) is 4.59. The van der Waals surface area contributed by atoms with E-state index in [0.29, 0.717) is 4.88 Å². The van der Waals surface area contributed by atoms with Crippen molar-refractivity contribution in [2.75, 3.05) is 13.1 Å². The molecule has 0 unspecified atom stereocenters. The Bertz CT molecular complexity index is 446. The zero-order valence-corrected chi connectivity index (χ0v) is 10.8. The number of carboxylic acid groups (broad SMARTS) is 1. The van der Waals surface area contributed by atoms with Gasteiger partial charge in [0.25, 0.3) is 5.91 Å². The molecule has 8 heteroatoms. The number of carbonyl (C=O) groups excluding carboxylic acids is 2. The first-order chi connectivity index (χ1) is 9.00. The molecule has 0 saturated carbocycles. The van der Waals surface area contributed by atoms with E-state index >= 15 is 0 Å². The topological polar surface area (TPSA) is 116 Å². The van der Waals surface area contributed by atoms with Gasteiger partial charge in [0.1, 0.15) is 0 Å². The monoisotopic (exact) mass is 286 g/mol. The SMILES string of the molecule is O=C(CCNC(=O)c1cccs1)NC[C@H](O)C(=O)O. The molecule has 1 heterocycles. The molecule has 0 saturated heterocycles. The molecule has 2 amide bonds. The summed E-state index contributed by atoms with van der Waals surface area (Å²) < 4.78 is 0. The van der Waals surface area contributed by atoms with Crippen molar-refractivity contribution < 1.29 is 24.6 Å². The summed E-state index contributed by atoms with van der Waals surface area (Å²) >= 11 is 1.30. The quantitative estimate of drug-likeness (QED) is 0.536. The Kier molecular flexibility index (Phi) is 5.97. The van der Waals surface area contributed by atoms with Gasteiger partial charge in [-0.05, 0) is 11.4 Å². The van der Waals surface area contributed by atoms with Gasteiger partial charge in [0.05, 0.1) is 11.4 Å². The largest absolute Gasteiger partial charge is 0.479 e. The van der Waals surface area contributed by atoms with Gasteiger partial charge in [0.2, 0.25) is 5.91 Å². The second kappa shape index (κ2) is 7.49. The fraction of sp³-hybridized carbons (Fsp3) is 0.364. The van der Waals surface area contributed by atoms with Crippen molar-refractivity contribution in [2.24, 2.45) is 0 Å². The summed E-state index contributed by atoms with van der Waals surface area (Å²) in [7, 11) is 0. The van der Waals surface area contributed by atoms with Gasteiger partial charge in [-0.2, -0.15) is 0 Å². The minimum Gasteiger partial charge on any atom is -0.479 e. The van der Waals surface area contributed by atoms with Gasteiger partial charge in [-0.1, -0.05) is 6.07 Å². The van der Waals surface area contributed by atoms with Gasteiger partial charge >= 0.3 is 5.97 Å². The van der Waals surface area contributed by atoms with E-state index in [1.54, 1.807) is 17.5 Å². The van der Waals surface area contributed by atoms with E-state index < -0.39 is 18.0 Å². The predicted octanol–water partition coefficient (Wildman–Crippen LogP) is -0.570. The number of aliphatic hydroxyl groups excluding tert-OH is 1. The van der Waals surface area contributed by atoms with Crippen LogP contribution in [0.2, 0.25) is 0 Å². The Morgan fingerprint density at radius 3 is 2.63 bits per heavy atom. The number of aliphatic hydroxyl groups is 1. The third-order valence-corrected chi connectivity index (χ3v) is 3.03. The summed E-state index contributed by atoms with van der Waals surface area (Å²) in [6.45, 7) is -0.210. The molecule has 7 nitrogen and oxygen atoms in total.